The molecule has 9 nitrogen and oxygen atoms in total. The van der Waals surface area contributed by atoms with Gasteiger partial charge < -0.3 is 19.9 Å². The van der Waals surface area contributed by atoms with E-state index in [0.717, 1.165) is 11.3 Å². The molecule has 0 radical (unpaired) electrons. The maximum absolute atomic E-state index is 12.5. The first-order valence-corrected chi connectivity index (χ1v) is 12.2. The Kier molecular flexibility index (Phi) is 8.55. The van der Waals surface area contributed by atoms with E-state index in [1.165, 1.54) is 11.8 Å². The molecule has 0 fully saturated rings. The van der Waals surface area contributed by atoms with Gasteiger partial charge in [-0.3, -0.25) is 4.79 Å². The maximum Gasteiger partial charge on any atom is 0.234 e. The molecule has 0 spiro atoms. The Morgan fingerprint density at radius 1 is 1.00 bits per heavy atom. The Bertz CT molecular complexity index is 1290. The predicted octanol–water partition coefficient (Wildman–Crippen LogP) is 4.57. The van der Waals surface area contributed by atoms with E-state index in [-0.39, 0.29) is 24.0 Å². The molecule has 36 heavy (non-hydrogen) atoms. The third-order valence-corrected chi connectivity index (χ3v) is 5.70. The molecule has 1 heterocycles. The lowest BCUT2D eigenvalue weighted by Gasteiger charge is -2.08. The van der Waals surface area contributed by atoms with Crippen LogP contribution in [0.25, 0.3) is 0 Å². The molecule has 2 N–H and O–H groups in total. The van der Waals surface area contributed by atoms with Crippen LogP contribution in [0, 0.1) is 0 Å². The molecule has 184 valence electrons. The van der Waals surface area contributed by atoms with Gasteiger partial charge in [0.2, 0.25) is 11.1 Å². The van der Waals surface area contributed by atoms with Crippen LogP contribution in [0.15, 0.2) is 89.1 Å². The van der Waals surface area contributed by atoms with Crippen molar-refractivity contribution >= 4 is 29.6 Å². The van der Waals surface area contributed by atoms with Gasteiger partial charge in [0.1, 0.15) is 23.9 Å². The number of phenols is 1. The van der Waals surface area contributed by atoms with Gasteiger partial charge in [-0.1, -0.05) is 30.0 Å². The summed E-state index contributed by atoms with van der Waals surface area (Å²) >= 11 is 1.21. The first-order valence-electron chi connectivity index (χ1n) is 11.2. The van der Waals surface area contributed by atoms with Crippen molar-refractivity contribution in [3.8, 4) is 17.2 Å². The van der Waals surface area contributed by atoms with Crippen LogP contribution in [0.4, 0.5) is 5.69 Å². The monoisotopic (exact) mass is 503 g/mol. The number of phenolic OH excluding ortho intramolecular Hbond substituents is 1. The van der Waals surface area contributed by atoms with Crippen molar-refractivity contribution in [2.24, 2.45) is 5.10 Å². The summed E-state index contributed by atoms with van der Waals surface area (Å²) in [6, 6.07) is 23.2. The Hall–Kier alpha value is -4.31. The molecule has 3 aromatic carbocycles. The van der Waals surface area contributed by atoms with Crippen molar-refractivity contribution in [3.05, 3.63) is 90.3 Å². The number of para-hydroxylation sites is 1. The van der Waals surface area contributed by atoms with Gasteiger partial charge in [0.05, 0.1) is 18.6 Å². The Morgan fingerprint density at radius 2 is 1.72 bits per heavy atom. The SMILES string of the molecule is CCOc1ccc(NC(=O)CSc2nnc(COc3ccccc3)n2N=Cc2ccc(O)cc2)cc1. The van der Waals surface area contributed by atoms with Crippen molar-refractivity contribution in [1.29, 1.82) is 0 Å². The lowest BCUT2D eigenvalue weighted by molar-refractivity contribution is -0.113. The third-order valence-electron chi connectivity index (χ3n) is 4.78. The minimum Gasteiger partial charge on any atom is -0.508 e. The van der Waals surface area contributed by atoms with Gasteiger partial charge in [-0.15, -0.1) is 10.2 Å². The van der Waals surface area contributed by atoms with E-state index >= 15 is 0 Å². The number of anilines is 1. The summed E-state index contributed by atoms with van der Waals surface area (Å²) < 4.78 is 12.8. The van der Waals surface area contributed by atoms with Gasteiger partial charge in [0.15, 0.2) is 5.82 Å². The number of ether oxygens (including phenoxy) is 2. The summed E-state index contributed by atoms with van der Waals surface area (Å²) in [7, 11) is 0. The number of aromatic hydroxyl groups is 1. The van der Waals surface area contributed by atoms with Crippen LogP contribution >= 0.6 is 11.8 Å². The fraction of sp³-hybridized carbons (Fsp3) is 0.154. The van der Waals surface area contributed by atoms with Gasteiger partial charge in [0.25, 0.3) is 0 Å². The number of carbonyl (C=O) groups excluding carboxylic acids is 1. The Labute approximate surface area is 212 Å². The smallest absolute Gasteiger partial charge is 0.234 e. The predicted molar refractivity (Wildman–Crippen MR) is 139 cm³/mol. The summed E-state index contributed by atoms with van der Waals surface area (Å²) in [6.45, 7) is 2.64. The fourth-order valence-corrected chi connectivity index (χ4v) is 3.78. The van der Waals surface area contributed by atoms with E-state index in [4.69, 9.17) is 9.47 Å². The minimum atomic E-state index is -0.191. The van der Waals surface area contributed by atoms with Gasteiger partial charge in [0, 0.05) is 5.69 Å². The molecule has 0 saturated heterocycles. The van der Waals surface area contributed by atoms with Crippen LogP contribution in [0.3, 0.4) is 0 Å². The van der Waals surface area contributed by atoms with E-state index in [9.17, 15) is 9.90 Å². The summed E-state index contributed by atoms with van der Waals surface area (Å²) in [5.74, 6) is 2.00. The van der Waals surface area contributed by atoms with Gasteiger partial charge in [-0.2, -0.15) is 9.78 Å². The number of benzene rings is 3. The van der Waals surface area contributed by atoms with Crippen molar-refractivity contribution < 1.29 is 19.4 Å². The summed E-state index contributed by atoms with van der Waals surface area (Å²) in [4.78, 5) is 12.5. The quantitative estimate of drug-likeness (QED) is 0.228. The first-order chi connectivity index (χ1) is 17.6. The minimum absolute atomic E-state index is 0.111. The first kappa shape index (κ1) is 24.8. The second-order valence-corrected chi connectivity index (χ2v) is 8.39. The molecule has 10 heteroatoms. The maximum atomic E-state index is 12.5. The van der Waals surface area contributed by atoms with Crippen LogP contribution in [-0.2, 0) is 11.4 Å². The van der Waals surface area contributed by atoms with E-state index in [1.807, 2.05) is 37.3 Å². The number of hydrogen-bond acceptors (Lipinski definition) is 8. The number of thioether (sulfide) groups is 1. The molecular formula is C26H25N5O4S. The molecule has 0 aliphatic rings. The molecule has 1 amide bonds. The molecule has 0 saturated carbocycles. The van der Waals surface area contributed by atoms with Crippen molar-refractivity contribution in [2.45, 2.75) is 18.7 Å². The highest BCUT2D eigenvalue weighted by atomic mass is 32.2. The average molecular weight is 504 g/mol. The van der Waals surface area contributed by atoms with Crippen LogP contribution in [0.5, 0.6) is 17.2 Å². The summed E-state index contributed by atoms with van der Waals surface area (Å²) in [6.07, 6.45) is 1.62. The van der Waals surface area contributed by atoms with Gasteiger partial charge in [-0.05, 0) is 73.2 Å². The second kappa shape index (κ2) is 12.4. The van der Waals surface area contributed by atoms with E-state index < -0.39 is 0 Å². The van der Waals surface area contributed by atoms with Crippen LogP contribution < -0.4 is 14.8 Å². The summed E-state index contributed by atoms with van der Waals surface area (Å²) in [5, 5.41) is 25.7. The highest BCUT2D eigenvalue weighted by Gasteiger charge is 2.15. The zero-order valence-electron chi connectivity index (χ0n) is 19.6. The second-order valence-electron chi connectivity index (χ2n) is 7.44. The van der Waals surface area contributed by atoms with Crippen LogP contribution in [0.2, 0.25) is 0 Å². The van der Waals surface area contributed by atoms with E-state index in [2.05, 4.69) is 20.6 Å². The largest absolute Gasteiger partial charge is 0.508 e. The molecule has 1 aromatic heterocycles. The highest BCUT2D eigenvalue weighted by molar-refractivity contribution is 7.99. The Morgan fingerprint density at radius 3 is 2.44 bits per heavy atom. The zero-order valence-corrected chi connectivity index (χ0v) is 20.4. The van der Waals surface area contributed by atoms with E-state index in [1.54, 1.807) is 59.4 Å². The van der Waals surface area contributed by atoms with Crippen molar-refractivity contribution in [2.75, 3.05) is 17.7 Å². The molecular weight excluding hydrogens is 478 g/mol. The topological polar surface area (TPSA) is 111 Å². The number of rotatable bonds is 11. The molecule has 0 bridgehead atoms. The fourth-order valence-electron chi connectivity index (χ4n) is 3.07. The molecule has 4 aromatic rings. The highest BCUT2D eigenvalue weighted by Crippen LogP contribution is 2.20. The van der Waals surface area contributed by atoms with Crippen molar-refractivity contribution in [1.82, 2.24) is 14.9 Å². The number of nitrogens with one attached hydrogen (secondary N) is 1. The molecule has 4 rings (SSSR count). The number of amides is 1. The normalized spacial score (nSPS) is 10.9. The van der Waals surface area contributed by atoms with Gasteiger partial charge >= 0.3 is 0 Å². The van der Waals surface area contributed by atoms with E-state index in [0.29, 0.717) is 29.0 Å². The van der Waals surface area contributed by atoms with Crippen molar-refractivity contribution in [3.63, 3.8) is 0 Å². The van der Waals surface area contributed by atoms with Gasteiger partial charge in [-0.25, -0.2) is 0 Å². The lowest BCUT2D eigenvalue weighted by Crippen LogP contribution is -2.14. The molecule has 0 atom stereocenters. The van der Waals surface area contributed by atoms with Crippen LogP contribution in [0.1, 0.15) is 18.3 Å². The summed E-state index contributed by atoms with van der Waals surface area (Å²) in [5.41, 5.74) is 1.45. The molecule has 0 unspecified atom stereocenters. The molecule has 0 aliphatic carbocycles. The lowest BCUT2D eigenvalue weighted by atomic mass is 10.2. The zero-order chi connectivity index (χ0) is 25.2. The third kappa shape index (κ3) is 7.09. The number of carbonyl (C=O) groups is 1. The number of hydrogen-bond donors (Lipinski definition) is 2. The van der Waals surface area contributed by atoms with Crippen LogP contribution in [-0.4, -0.2) is 44.5 Å². The standard InChI is InChI=1S/C26H25N5O4S/c1-2-34-23-14-10-20(11-15-23)28-25(33)18-36-26-30-29-24(17-35-22-6-4-3-5-7-22)31(26)27-16-19-8-12-21(32)13-9-19/h3-16,32H,2,17-18H2,1H3,(H,28,33). The molecule has 0 aliphatic heterocycles. The Balaban J connectivity index is 1.45. The average Bonchev–Trinajstić information content (AvgIpc) is 3.29. The number of nitrogens with zero attached hydrogens (tertiary/aromatic N) is 4. The number of aromatic nitrogens is 3.